The molecule has 1 aromatic heterocycles. The topological polar surface area (TPSA) is 74.2 Å². The number of nitrogens with zero attached hydrogens (tertiary/aromatic N) is 1. The number of hydrogen-bond acceptors (Lipinski definition) is 4. The van der Waals surface area contributed by atoms with Gasteiger partial charge in [0.1, 0.15) is 5.82 Å². The molecule has 4 nitrogen and oxygen atoms in total. The molecule has 4 N–H and O–H groups in total. The molecule has 8 heteroatoms. The first kappa shape index (κ1) is 12.3. The van der Waals surface area contributed by atoms with Crippen molar-refractivity contribution >= 4 is 28.4 Å². The van der Waals surface area contributed by atoms with Gasteiger partial charge in [-0.25, -0.2) is 0 Å². The number of ether oxygens (including phenoxy) is 1. The Hall–Kier alpha value is -0.770. The van der Waals surface area contributed by atoms with Crippen molar-refractivity contribution in [3.8, 4) is 5.88 Å². The SMILES string of the molecule is NCc1c(I)cc(OC(F)(F)F)nc1N. The molecule has 0 bridgehead atoms. The monoisotopic (exact) mass is 333 g/mol. The molecule has 0 aliphatic rings. The first-order valence-corrected chi connectivity index (χ1v) is 4.82. The molecule has 0 radical (unpaired) electrons. The van der Waals surface area contributed by atoms with Crippen molar-refractivity contribution in [1.82, 2.24) is 4.98 Å². The van der Waals surface area contributed by atoms with E-state index in [0.717, 1.165) is 6.07 Å². The van der Waals surface area contributed by atoms with Gasteiger partial charge < -0.3 is 16.2 Å². The number of rotatable bonds is 2. The van der Waals surface area contributed by atoms with Crippen LogP contribution in [-0.4, -0.2) is 11.3 Å². The van der Waals surface area contributed by atoms with Gasteiger partial charge in [-0.2, -0.15) is 4.98 Å². The zero-order chi connectivity index (χ0) is 11.6. The van der Waals surface area contributed by atoms with E-state index in [1.807, 2.05) is 22.6 Å². The number of nitrogens with two attached hydrogens (primary N) is 2. The molecule has 0 saturated heterocycles. The molecule has 0 aromatic carbocycles. The summed E-state index contributed by atoms with van der Waals surface area (Å²) in [5.74, 6) is -0.634. The number of halogens is 4. The molecule has 1 aromatic rings. The Kier molecular flexibility index (Phi) is 3.60. The minimum Gasteiger partial charge on any atom is -0.388 e. The summed E-state index contributed by atoms with van der Waals surface area (Å²) in [4.78, 5) is 3.44. The average molecular weight is 333 g/mol. The Labute approximate surface area is 96.9 Å². The fourth-order valence-electron chi connectivity index (χ4n) is 0.909. The van der Waals surface area contributed by atoms with E-state index in [2.05, 4.69) is 9.72 Å². The molecule has 0 aliphatic heterocycles. The molecular weight excluding hydrogens is 326 g/mol. The van der Waals surface area contributed by atoms with Crippen molar-refractivity contribution in [3.63, 3.8) is 0 Å². The second-order valence-corrected chi connectivity index (χ2v) is 3.72. The van der Waals surface area contributed by atoms with Gasteiger partial charge in [-0.15, -0.1) is 13.2 Å². The maximum absolute atomic E-state index is 11.9. The summed E-state index contributed by atoms with van der Waals surface area (Å²) in [7, 11) is 0. The van der Waals surface area contributed by atoms with Gasteiger partial charge in [-0.1, -0.05) is 0 Å². The zero-order valence-corrected chi connectivity index (χ0v) is 9.46. The molecule has 0 fully saturated rings. The van der Waals surface area contributed by atoms with Crippen LogP contribution in [0.2, 0.25) is 0 Å². The van der Waals surface area contributed by atoms with E-state index in [1.54, 1.807) is 0 Å². The van der Waals surface area contributed by atoms with Crippen LogP contribution in [-0.2, 0) is 6.54 Å². The van der Waals surface area contributed by atoms with Crippen molar-refractivity contribution < 1.29 is 17.9 Å². The van der Waals surface area contributed by atoms with Gasteiger partial charge in [0.05, 0.1) is 0 Å². The normalized spacial score (nSPS) is 11.5. The quantitative estimate of drug-likeness (QED) is 0.807. The highest BCUT2D eigenvalue weighted by Crippen LogP contribution is 2.26. The molecule has 0 saturated carbocycles. The van der Waals surface area contributed by atoms with Crippen LogP contribution in [0.25, 0.3) is 0 Å². The standard InChI is InChI=1S/C7H7F3IN3O/c8-7(9,10)15-5-1-4(11)3(2-12)6(13)14-5/h1H,2,12H2,(H2,13,14). The fraction of sp³-hybridized carbons (Fsp3) is 0.286. The zero-order valence-electron chi connectivity index (χ0n) is 7.31. The summed E-state index contributed by atoms with van der Waals surface area (Å²) in [5, 5.41) is 0. The van der Waals surface area contributed by atoms with Gasteiger partial charge >= 0.3 is 6.36 Å². The lowest BCUT2D eigenvalue weighted by Crippen LogP contribution is -2.19. The average Bonchev–Trinajstić information content (AvgIpc) is 1.99. The Morgan fingerprint density at radius 2 is 2.07 bits per heavy atom. The van der Waals surface area contributed by atoms with E-state index in [9.17, 15) is 13.2 Å². The van der Waals surface area contributed by atoms with Crippen LogP contribution in [0.4, 0.5) is 19.0 Å². The van der Waals surface area contributed by atoms with E-state index < -0.39 is 12.2 Å². The summed E-state index contributed by atoms with van der Waals surface area (Å²) in [6, 6.07) is 1.13. The van der Waals surface area contributed by atoms with Crippen LogP contribution < -0.4 is 16.2 Å². The molecule has 0 atom stereocenters. The number of pyridine rings is 1. The Morgan fingerprint density at radius 3 is 2.47 bits per heavy atom. The van der Waals surface area contributed by atoms with Crippen LogP contribution in [0.1, 0.15) is 5.56 Å². The predicted molar refractivity (Wildman–Crippen MR) is 55.9 cm³/mol. The maximum atomic E-state index is 11.9. The van der Waals surface area contributed by atoms with Crippen molar-refractivity contribution in [2.24, 2.45) is 5.73 Å². The summed E-state index contributed by atoms with van der Waals surface area (Å²) >= 11 is 1.82. The second kappa shape index (κ2) is 4.39. The highest BCUT2D eigenvalue weighted by atomic mass is 127. The molecule has 15 heavy (non-hydrogen) atoms. The third kappa shape index (κ3) is 3.38. The highest BCUT2D eigenvalue weighted by molar-refractivity contribution is 14.1. The van der Waals surface area contributed by atoms with Gasteiger partial charge in [-0.3, -0.25) is 0 Å². The van der Waals surface area contributed by atoms with Crippen LogP contribution in [0.15, 0.2) is 6.07 Å². The van der Waals surface area contributed by atoms with Gasteiger partial charge in [0.25, 0.3) is 0 Å². The Morgan fingerprint density at radius 1 is 1.47 bits per heavy atom. The van der Waals surface area contributed by atoms with Crippen molar-refractivity contribution in [1.29, 1.82) is 0 Å². The summed E-state index contributed by atoms with van der Waals surface area (Å²) in [6.45, 7) is 0.114. The lowest BCUT2D eigenvalue weighted by molar-refractivity contribution is -0.276. The van der Waals surface area contributed by atoms with Gasteiger partial charge in [0.2, 0.25) is 5.88 Å². The molecule has 1 rings (SSSR count). The van der Waals surface area contributed by atoms with E-state index in [0.29, 0.717) is 9.13 Å². The lowest BCUT2D eigenvalue weighted by atomic mass is 10.2. The second-order valence-electron chi connectivity index (χ2n) is 2.56. The molecule has 0 amide bonds. The first-order valence-electron chi connectivity index (χ1n) is 3.74. The number of hydrogen-bond donors (Lipinski definition) is 2. The van der Waals surface area contributed by atoms with E-state index in [-0.39, 0.29) is 12.4 Å². The largest absolute Gasteiger partial charge is 0.574 e. The first-order chi connectivity index (χ1) is 6.83. The van der Waals surface area contributed by atoms with Crippen LogP contribution >= 0.6 is 22.6 Å². The van der Waals surface area contributed by atoms with Gasteiger partial charge in [0, 0.05) is 21.7 Å². The Bertz CT molecular complexity index is 346. The third-order valence-corrected chi connectivity index (χ3v) is 2.47. The lowest BCUT2D eigenvalue weighted by Gasteiger charge is -2.11. The van der Waals surface area contributed by atoms with Crippen LogP contribution in [0.5, 0.6) is 5.88 Å². The van der Waals surface area contributed by atoms with Gasteiger partial charge in [0.15, 0.2) is 0 Å². The van der Waals surface area contributed by atoms with Gasteiger partial charge in [-0.05, 0) is 22.6 Å². The predicted octanol–water partition coefficient (Wildman–Crippen LogP) is 1.63. The van der Waals surface area contributed by atoms with Crippen LogP contribution in [0.3, 0.4) is 0 Å². The minimum absolute atomic E-state index is 0.0522. The number of anilines is 1. The smallest absolute Gasteiger partial charge is 0.388 e. The minimum atomic E-state index is -4.77. The van der Waals surface area contributed by atoms with Crippen molar-refractivity contribution in [2.75, 3.05) is 5.73 Å². The molecular formula is C7H7F3IN3O. The summed E-state index contributed by atoms with van der Waals surface area (Å²) in [5.41, 5.74) is 11.3. The maximum Gasteiger partial charge on any atom is 0.574 e. The third-order valence-electron chi connectivity index (χ3n) is 1.50. The van der Waals surface area contributed by atoms with E-state index in [4.69, 9.17) is 11.5 Å². The highest BCUT2D eigenvalue weighted by Gasteiger charge is 2.32. The molecule has 0 unspecified atom stereocenters. The Balaban J connectivity index is 3.04. The molecule has 84 valence electrons. The molecule has 1 heterocycles. The number of nitrogen functional groups attached to an aromatic ring is 1. The fourth-order valence-corrected chi connectivity index (χ4v) is 1.67. The van der Waals surface area contributed by atoms with E-state index in [1.165, 1.54) is 0 Å². The van der Waals surface area contributed by atoms with Crippen molar-refractivity contribution in [2.45, 2.75) is 12.9 Å². The summed E-state index contributed by atoms with van der Waals surface area (Å²) in [6.07, 6.45) is -4.77. The number of aromatic nitrogens is 1. The van der Waals surface area contributed by atoms with Crippen LogP contribution in [0, 0.1) is 3.57 Å². The number of alkyl halides is 3. The summed E-state index contributed by atoms with van der Waals surface area (Å²) < 4.78 is 39.7. The van der Waals surface area contributed by atoms with Crippen molar-refractivity contribution in [3.05, 3.63) is 15.2 Å². The molecule has 0 spiro atoms. The van der Waals surface area contributed by atoms with E-state index >= 15 is 0 Å². The molecule has 0 aliphatic carbocycles.